The lowest BCUT2D eigenvalue weighted by atomic mass is 10.0. The number of phenolic OH excluding ortho intramolecular Hbond substituents is 1. The molecule has 0 atom stereocenters. The van der Waals surface area contributed by atoms with E-state index in [4.69, 9.17) is 5.11 Å². The molecule has 0 amide bonds. The summed E-state index contributed by atoms with van der Waals surface area (Å²) in [7, 11) is 0. The normalized spacial score (nSPS) is 10.9. The summed E-state index contributed by atoms with van der Waals surface area (Å²) in [5.41, 5.74) is 1.33. The average molecular weight is 206 g/mol. The van der Waals surface area contributed by atoms with E-state index in [0.717, 1.165) is 12.3 Å². The van der Waals surface area contributed by atoms with Crippen LogP contribution in [0.4, 0.5) is 0 Å². The minimum atomic E-state index is 0.360. The highest BCUT2D eigenvalue weighted by Gasteiger charge is 1.96. The van der Waals surface area contributed by atoms with Gasteiger partial charge in [-0.1, -0.05) is 45.2 Å². The van der Waals surface area contributed by atoms with Gasteiger partial charge in [-0.3, -0.25) is 0 Å². The van der Waals surface area contributed by atoms with Crippen molar-refractivity contribution in [1.29, 1.82) is 0 Å². The zero-order valence-corrected chi connectivity index (χ0v) is 9.87. The molecule has 1 nitrogen and oxygen atoms in total. The lowest BCUT2D eigenvalue weighted by Gasteiger charge is -2.04. The molecule has 0 fully saturated rings. The summed E-state index contributed by atoms with van der Waals surface area (Å²) in [5, 5.41) is 9.13. The lowest BCUT2D eigenvalue weighted by Crippen LogP contribution is -1.89. The van der Waals surface area contributed by atoms with E-state index < -0.39 is 0 Å². The van der Waals surface area contributed by atoms with Gasteiger partial charge in [-0.15, -0.1) is 0 Å². The van der Waals surface area contributed by atoms with Crippen molar-refractivity contribution in [3.05, 3.63) is 29.8 Å². The SMILES string of the molecule is CC(C)CCCCCc1ccc(O)cc1. The molecule has 0 spiro atoms. The second kappa shape index (κ2) is 6.49. The molecule has 84 valence electrons. The van der Waals surface area contributed by atoms with Crippen LogP contribution in [0, 0.1) is 5.92 Å². The number of aryl methyl sites for hydroxylation is 1. The predicted octanol–water partition coefficient (Wildman–Crippen LogP) is 4.15. The number of benzene rings is 1. The third kappa shape index (κ3) is 5.46. The first-order valence-electron chi connectivity index (χ1n) is 5.96. The standard InChI is InChI=1S/C14H22O/c1-12(2)6-4-3-5-7-13-8-10-14(15)11-9-13/h8-12,15H,3-7H2,1-2H3. The molecular weight excluding hydrogens is 184 g/mol. The Morgan fingerprint density at radius 2 is 1.67 bits per heavy atom. The Kier molecular flexibility index (Phi) is 5.23. The third-order valence-electron chi connectivity index (χ3n) is 2.68. The van der Waals surface area contributed by atoms with E-state index in [0.29, 0.717) is 5.75 Å². The van der Waals surface area contributed by atoms with Crippen LogP contribution in [0.2, 0.25) is 0 Å². The third-order valence-corrected chi connectivity index (χ3v) is 2.68. The van der Waals surface area contributed by atoms with Crippen LogP contribution in [0.1, 0.15) is 45.1 Å². The zero-order chi connectivity index (χ0) is 11.1. The minimum Gasteiger partial charge on any atom is -0.508 e. The molecule has 15 heavy (non-hydrogen) atoms. The van der Waals surface area contributed by atoms with Crippen LogP contribution in [-0.2, 0) is 6.42 Å². The van der Waals surface area contributed by atoms with Crippen molar-refractivity contribution in [2.24, 2.45) is 5.92 Å². The second-order valence-corrected chi connectivity index (χ2v) is 4.66. The fraction of sp³-hybridized carbons (Fsp3) is 0.571. The molecular formula is C14H22O. The minimum absolute atomic E-state index is 0.360. The Labute approximate surface area is 93.1 Å². The van der Waals surface area contributed by atoms with Crippen molar-refractivity contribution in [2.75, 3.05) is 0 Å². The van der Waals surface area contributed by atoms with Gasteiger partial charge in [0.1, 0.15) is 5.75 Å². The molecule has 0 aliphatic rings. The number of aromatic hydroxyl groups is 1. The molecule has 0 aliphatic heterocycles. The lowest BCUT2D eigenvalue weighted by molar-refractivity contribution is 0.475. The van der Waals surface area contributed by atoms with Crippen LogP contribution in [0.3, 0.4) is 0 Å². The smallest absolute Gasteiger partial charge is 0.115 e. The Hall–Kier alpha value is -0.980. The van der Waals surface area contributed by atoms with Crippen LogP contribution in [0.5, 0.6) is 5.75 Å². The van der Waals surface area contributed by atoms with Gasteiger partial charge < -0.3 is 5.11 Å². The summed E-state index contributed by atoms with van der Waals surface area (Å²) in [6, 6.07) is 7.56. The molecule has 1 rings (SSSR count). The van der Waals surface area contributed by atoms with Gasteiger partial charge in [-0.25, -0.2) is 0 Å². The number of phenols is 1. The molecule has 0 aromatic heterocycles. The van der Waals surface area contributed by atoms with Crippen molar-refractivity contribution >= 4 is 0 Å². The first kappa shape index (κ1) is 12.1. The van der Waals surface area contributed by atoms with Gasteiger partial charge in [0.2, 0.25) is 0 Å². The molecule has 1 heteroatoms. The largest absolute Gasteiger partial charge is 0.508 e. The summed E-state index contributed by atoms with van der Waals surface area (Å²) in [6.45, 7) is 4.56. The van der Waals surface area contributed by atoms with Gasteiger partial charge in [0.05, 0.1) is 0 Å². The zero-order valence-electron chi connectivity index (χ0n) is 9.87. The quantitative estimate of drug-likeness (QED) is 0.693. The van der Waals surface area contributed by atoms with E-state index in [9.17, 15) is 0 Å². The maximum atomic E-state index is 9.13. The van der Waals surface area contributed by atoms with Crippen molar-refractivity contribution in [3.63, 3.8) is 0 Å². The molecule has 1 N–H and O–H groups in total. The highest BCUT2D eigenvalue weighted by Crippen LogP contribution is 2.14. The summed E-state index contributed by atoms with van der Waals surface area (Å²) in [5.74, 6) is 1.19. The van der Waals surface area contributed by atoms with E-state index >= 15 is 0 Å². The Bertz CT molecular complexity index is 261. The van der Waals surface area contributed by atoms with E-state index in [2.05, 4.69) is 13.8 Å². The Morgan fingerprint density at radius 1 is 1.00 bits per heavy atom. The van der Waals surface area contributed by atoms with Crippen molar-refractivity contribution < 1.29 is 5.11 Å². The van der Waals surface area contributed by atoms with Crippen LogP contribution >= 0.6 is 0 Å². The summed E-state index contributed by atoms with van der Waals surface area (Å²) < 4.78 is 0. The number of hydrogen-bond donors (Lipinski definition) is 1. The summed E-state index contributed by atoms with van der Waals surface area (Å²) >= 11 is 0. The van der Waals surface area contributed by atoms with Gasteiger partial charge in [-0.05, 0) is 36.5 Å². The molecule has 1 aromatic rings. The second-order valence-electron chi connectivity index (χ2n) is 4.66. The van der Waals surface area contributed by atoms with Gasteiger partial charge in [-0.2, -0.15) is 0 Å². The first-order valence-corrected chi connectivity index (χ1v) is 5.96. The maximum Gasteiger partial charge on any atom is 0.115 e. The van der Waals surface area contributed by atoms with Crippen LogP contribution < -0.4 is 0 Å². The van der Waals surface area contributed by atoms with Gasteiger partial charge >= 0.3 is 0 Å². The molecule has 0 saturated heterocycles. The predicted molar refractivity (Wildman–Crippen MR) is 65.1 cm³/mol. The summed E-state index contributed by atoms with van der Waals surface area (Å²) in [4.78, 5) is 0. The highest BCUT2D eigenvalue weighted by atomic mass is 16.3. The first-order chi connectivity index (χ1) is 7.18. The maximum absolute atomic E-state index is 9.13. The summed E-state index contributed by atoms with van der Waals surface area (Å²) in [6.07, 6.45) is 6.40. The average Bonchev–Trinajstić information content (AvgIpc) is 2.20. The van der Waals surface area contributed by atoms with Crippen LogP contribution in [-0.4, -0.2) is 5.11 Å². The fourth-order valence-corrected chi connectivity index (χ4v) is 1.72. The van der Waals surface area contributed by atoms with E-state index in [1.807, 2.05) is 12.1 Å². The van der Waals surface area contributed by atoms with E-state index in [1.165, 1.54) is 31.2 Å². The molecule has 0 aliphatic carbocycles. The molecule has 0 heterocycles. The Balaban J connectivity index is 2.12. The number of hydrogen-bond acceptors (Lipinski definition) is 1. The number of unbranched alkanes of at least 4 members (excludes halogenated alkanes) is 2. The van der Waals surface area contributed by atoms with Crippen molar-refractivity contribution in [2.45, 2.75) is 46.0 Å². The van der Waals surface area contributed by atoms with E-state index in [1.54, 1.807) is 12.1 Å². The highest BCUT2D eigenvalue weighted by molar-refractivity contribution is 5.25. The fourth-order valence-electron chi connectivity index (χ4n) is 1.72. The number of rotatable bonds is 6. The molecule has 0 bridgehead atoms. The molecule has 1 aromatic carbocycles. The van der Waals surface area contributed by atoms with Gasteiger partial charge in [0.15, 0.2) is 0 Å². The molecule has 0 saturated carbocycles. The van der Waals surface area contributed by atoms with Crippen molar-refractivity contribution in [1.82, 2.24) is 0 Å². The van der Waals surface area contributed by atoms with Gasteiger partial charge in [0.25, 0.3) is 0 Å². The van der Waals surface area contributed by atoms with Crippen LogP contribution in [0.25, 0.3) is 0 Å². The van der Waals surface area contributed by atoms with Crippen molar-refractivity contribution in [3.8, 4) is 5.75 Å². The van der Waals surface area contributed by atoms with E-state index in [-0.39, 0.29) is 0 Å². The van der Waals surface area contributed by atoms with Crippen LogP contribution in [0.15, 0.2) is 24.3 Å². The molecule has 0 radical (unpaired) electrons. The monoisotopic (exact) mass is 206 g/mol. The molecule has 0 unspecified atom stereocenters. The topological polar surface area (TPSA) is 20.2 Å². The van der Waals surface area contributed by atoms with Gasteiger partial charge in [0, 0.05) is 0 Å². The Morgan fingerprint density at radius 3 is 2.27 bits per heavy atom.